The molecule has 1 aliphatic heterocycles. The molecule has 1 N–H and O–H groups in total. The van der Waals surface area contributed by atoms with E-state index in [0.717, 1.165) is 5.56 Å². The molecule has 192 valence electrons. The number of esters is 1. The van der Waals surface area contributed by atoms with Gasteiger partial charge in [-0.15, -0.1) is 0 Å². The van der Waals surface area contributed by atoms with Crippen molar-refractivity contribution in [2.45, 2.75) is 25.2 Å². The number of piperazine rings is 1. The average molecular weight is 551 g/mol. The van der Waals surface area contributed by atoms with Gasteiger partial charge in [0, 0.05) is 37.7 Å². The van der Waals surface area contributed by atoms with Gasteiger partial charge < -0.3 is 19.7 Å². The number of carbonyl (C=O) groups excluding carboxylic acids is 1. The van der Waals surface area contributed by atoms with Crippen LogP contribution in [0.4, 0.5) is 0 Å². The van der Waals surface area contributed by atoms with E-state index in [1.165, 1.54) is 22.5 Å². The molecule has 36 heavy (non-hydrogen) atoms. The molecule has 0 saturated carbocycles. The van der Waals surface area contributed by atoms with Gasteiger partial charge in [-0.25, -0.2) is 8.42 Å². The standard InChI is InChI=1S/C24H27ClN4O5S2/c1-3-33-23(30)6-7-27-24(35)28-8-10-29(11-9-28)36(31,32)22-14-18(16-26)4-5-21(22)34-20-13-17(2)12-19(25)15-20/h4-5,12-15H,3,6-11H2,1-2H3,(H,27,35). The highest BCUT2D eigenvalue weighted by atomic mass is 35.5. The molecule has 0 unspecified atom stereocenters. The molecule has 0 aromatic heterocycles. The second-order valence-corrected chi connectivity index (χ2v) is 10.7. The summed E-state index contributed by atoms with van der Waals surface area (Å²) < 4.78 is 39.3. The van der Waals surface area contributed by atoms with E-state index in [-0.39, 0.29) is 41.7 Å². The first-order valence-corrected chi connectivity index (χ1v) is 13.5. The molecule has 1 saturated heterocycles. The summed E-state index contributed by atoms with van der Waals surface area (Å²) >= 11 is 11.5. The van der Waals surface area contributed by atoms with Gasteiger partial charge in [0.1, 0.15) is 16.4 Å². The Labute approximate surface area is 221 Å². The van der Waals surface area contributed by atoms with Gasteiger partial charge in [-0.3, -0.25) is 4.79 Å². The number of hydrogen-bond donors (Lipinski definition) is 1. The lowest BCUT2D eigenvalue weighted by molar-refractivity contribution is -0.142. The van der Waals surface area contributed by atoms with Crippen LogP contribution in [0.5, 0.6) is 11.5 Å². The van der Waals surface area contributed by atoms with Gasteiger partial charge in [-0.05, 0) is 68.0 Å². The number of sulfonamides is 1. The van der Waals surface area contributed by atoms with Crippen molar-refractivity contribution >= 4 is 44.9 Å². The third kappa shape index (κ3) is 7.07. The van der Waals surface area contributed by atoms with Gasteiger partial charge in [-0.1, -0.05) is 11.6 Å². The van der Waals surface area contributed by atoms with Crippen molar-refractivity contribution in [3.8, 4) is 17.6 Å². The van der Waals surface area contributed by atoms with E-state index in [0.29, 0.717) is 42.1 Å². The fraction of sp³-hybridized carbons (Fsp3) is 0.375. The minimum atomic E-state index is -3.98. The molecule has 1 fully saturated rings. The van der Waals surface area contributed by atoms with Gasteiger partial charge in [0.25, 0.3) is 0 Å². The van der Waals surface area contributed by atoms with Crippen molar-refractivity contribution in [1.82, 2.24) is 14.5 Å². The van der Waals surface area contributed by atoms with Crippen LogP contribution in [0.1, 0.15) is 24.5 Å². The van der Waals surface area contributed by atoms with Crippen LogP contribution in [0, 0.1) is 18.3 Å². The molecule has 1 heterocycles. The third-order valence-electron chi connectivity index (χ3n) is 5.37. The third-order valence-corrected chi connectivity index (χ3v) is 7.91. The molecule has 0 aliphatic carbocycles. The molecule has 2 aromatic rings. The fourth-order valence-corrected chi connectivity index (χ4v) is 5.77. The van der Waals surface area contributed by atoms with Crippen molar-refractivity contribution in [3.05, 3.63) is 52.5 Å². The predicted octanol–water partition coefficient (Wildman–Crippen LogP) is 3.45. The van der Waals surface area contributed by atoms with E-state index in [1.54, 1.807) is 25.1 Å². The number of halogens is 1. The number of nitriles is 1. The Kier molecular flexibility index (Phi) is 9.50. The highest BCUT2D eigenvalue weighted by Crippen LogP contribution is 2.33. The summed E-state index contributed by atoms with van der Waals surface area (Å²) in [4.78, 5) is 13.2. The molecular formula is C24H27ClN4O5S2. The predicted molar refractivity (Wildman–Crippen MR) is 140 cm³/mol. The molecule has 3 rings (SSSR count). The van der Waals surface area contributed by atoms with Crippen LogP contribution in [0.3, 0.4) is 0 Å². The Morgan fingerprint density at radius 1 is 1.19 bits per heavy atom. The Hall–Kier alpha value is -2.91. The number of nitrogens with zero attached hydrogens (tertiary/aromatic N) is 3. The number of benzene rings is 2. The molecule has 0 amide bonds. The average Bonchev–Trinajstić information content (AvgIpc) is 2.83. The summed E-state index contributed by atoms with van der Waals surface area (Å²) in [6.45, 7) is 5.36. The number of carbonyl (C=O) groups is 1. The molecule has 0 radical (unpaired) electrons. The zero-order valence-electron chi connectivity index (χ0n) is 20.0. The normalized spacial score (nSPS) is 14.1. The Bertz CT molecular complexity index is 1250. The minimum Gasteiger partial charge on any atom is -0.466 e. The van der Waals surface area contributed by atoms with Crippen molar-refractivity contribution in [3.63, 3.8) is 0 Å². The number of nitrogens with one attached hydrogen (secondary N) is 1. The lowest BCUT2D eigenvalue weighted by atomic mass is 10.2. The van der Waals surface area contributed by atoms with E-state index >= 15 is 0 Å². The smallest absolute Gasteiger partial charge is 0.307 e. The first kappa shape index (κ1) is 27.7. The number of rotatable bonds is 8. The second-order valence-electron chi connectivity index (χ2n) is 8.02. The quantitative estimate of drug-likeness (QED) is 0.390. The summed E-state index contributed by atoms with van der Waals surface area (Å²) in [7, 11) is -3.98. The maximum absolute atomic E-state index is 13.6. The van der Waals surface area contributed by atoms with Crippen LogP contribution in [0.25, 0.3) is 0 Å². The summed E-state index contributed by atoms with van der Waals surface area (Å²) in [5, 5.41) is 13.3. The zero-order valence-corrected chi connectivity index (χ0v) is 22.4. The van der Waals surface area contributed by atoms with Crippen LogP contribution < -0.4 is 10.1 Å². The summed E-state index contributed by atoms with van der Waals surface area (Å²) in [5.74, 6) is 0.189. The van der Waals surface area contributed by atoms with Crippen LogP contribution in [0.2, 0.25) is 5.02 Å². The summed E-state index contributed by atoms with van der Waals surface area (Å²) in [5.41, 5.74) is 1.06. The van der Waals surface area contributed by atoms with Crippen LogP contribution in [-0.4, -0.2) is 68.0 Å². The molecule has 9 nitrogen and oxygen atoms in total. The van der Waals surface area contributed by atoms with Crippen molar-refractivity contribution in [2.24, 2.45) is 0 Å². The lowest BCUT2D eigenvalue weighted by Crippen LogP contribution is -2.53. The molecule has 0 spiro atoms. The molecular weight excluding hydrogens is 524 g/mol. The van der Waals surface area contributed by atoms with Gasteiger partial charge in [0.2, 0.25) is 10.0 Å². The lowest BCUT2D eigenvalue weighted by Gasteiger charge is -2.35. The van der Waals surface area contributed by atoms with Crippen molar-refractivity contribution in [1.29, 1.82) is 5.26 Å². The number of thiocarbonyl (C=S) groups is 1. The van der Waals surface area contributed by atoms with Gasteiger partial charge >= 0.3 is 5.97 Å². The highest BCUT2D eigenvalue weighted by molar-refractivity contribution is 7.89. The Balaban J connectivity index is 1.71. The maximum atomic E-state index is 13.6. The van der Waals surface area contributed by atoms with E-state index in [1.807, 2.05) is 17.9 Å². The number of hydrogen-bond acceptors (Lipinski definition) is 7. The first-order valence-electron chi connectivity index (χ1n) is 11.3. The maximum Gasteiger partial charge on any atom is 0.307 e. The van der Waals surface area contributed by atoms with Gasteiger partial charge in [0.15, 0.2) is 5.11 Å². The topological polar surface area (TPSA) is 112 Å². The molecule has 0 atom stereocenters. The summed E-state index contributed by atoms with van der Waals surface area (Å²) in [6, 6.07) is 11.4. The van der Waals surface area contributed by atoms with Gasteiger partial charge in [0.05, 0.1) is 24.7 Å². The first-order chi connectivity index (χ1) is 17.1. The Morgan fingerprint density at radius 2 is 1.92 bits per heavy atom. The Morgan fingerprint density at radius 3 is 2.56 bits per heavy atom. The fourth-order valence-electron chi connectivity index (χ4n) is 3.64. The molecule has 0 bridgehead atoms. The molecule has 12 heteroatoms. The number of ether oxygens (including phenoxy) is 2. The van der Waals surface area contributed by atoms with Crippen LogP contribution in [-0.2, 0) is 19.6 Å². The highest BCUT2D eigenvalue weighted by Gasteiger charge is 2.32. The molecule has 2 aromatic carbocycles. The number of aryl methyl sites for hydroxylation is 1. The SMILES string of the molecule is CCOC(=O)CCNC(=S)N1CCN(S(=O)(=O)c2cc(C#N)ccc2Oc2cc(C)cc(Cl)c2)CC1. The molecule has 1 aliphatic rings. The summed E-state index contributed by atoms with van der Waals surface area (Å²) in [6.07, 6.45) is 0.187. The van der Waals surface area contributed by atoms with Crippen LogP contribution >= 0.6 is 23.8 Å². The van der Waals surface area contributed by atoms with E-state index in [9.17, 15) is 18.5 Å². The van der Waals surface area contributed by atoms with Gasteiger partial charge in [-0.2, -0.15) is 9.57 Å². The second kappa shape index (κ2) is 12.4. The largest absolute Gasteiger partial charge is 0.466 e. The minimum absolute atomic E-state index is 0.0947. The van der Waals surface area contributed by atoms with E-state index < -0.39 is 10.0 Å². The van der Waals surface area contributed by atoms with Crippen molar-refractivity contribution < 1.29 is 22.7 Å². The van der Waals surface area contributed by atoms with Crippen molar-refractivity contribution in [2.75, 3.05) is 39.3 Å². The van der Waals surface area contributed by atoms with E-state index in [4.69, 9.17) is 33.3 Å². The van der Waals surface area contributed by atoms with E-state index in [2.05, 4.69) is 5.32 Å². The zero-order chi connectivity index (χ0) is 26.3. The van der Waals surface area contributed by atoms with Crippen LogP contribution in [0.15, 0.2) is 41.3 Å². The monoisotopic (exact) mass is 550 g/mol.